The van der Waals surface area contributed by atoms with Crippen LogP contribution in [0.4, 0.5) is 11.4 Å². The monoisotopic (exact) mass is 538 g/mol. The number of anilines is 2. The third-order valence-corrected chi connectivity index (χ3v) is 8.03. The second-order valence-electron chi connectivity index (χ2n) is 10.4. The molecule has 1 aromatic heterocycles. The average Bonchev–Trinajstić information content (AvgIpc) is 2.89. The van der Waals surface area contributed by atoms with Gasteiger partial charge in [-0.05, 0) is 59.9 Å². The molecule has 3 aromatic rings. The van der Waals surface area contributed by atoms with Gasteiger partial charge in [0.1, 0.15) is 6.54 Å². The first-order valence-electron chi connectivity index (χ1n) is 12.6. The molecule has 0 aliphatic rings. The number of sulfonamides is 1. The molecule has 1 heterocycles. The Morgan fingerprint density at radius 2 is 1.63 bits per heavy atom. The molecule has 0 bridgehead atoms. The number of rotatable bonds is 11. The Bertz CT molecular complexity index is 1300. The number of benzene rings is 2. The summed E-state index contributed by atoms with van der Waals surface area (Å²) in [7, 11) is -0.333. The van der Waals surface area contributed by atoms with E-state index in [0.717, 1.165) is 11.3 Å². The molecule has 9 heteroatoms. The van der Waals surface area contributed by atoms with Gasteiger partial charge in [0.2, 0.25) is 5.91 Å². The van der Waals surface area contributed by atoms with E-state index in [-0.39, 0.29) is 35.9 Å². The van der Waals surface area contributed by atoms with E-state index in [4.69, 9.17) is 0 Å². The quantitative estimate of drug-likeness (QED) is 0.396. The van der Waals surface area contributed by atoms with Gasteiger partial charge in [0, 0.05) is 39.1 Å². The molecule has 0 fully saturated rings. The van der Waals surface area contributed by atoms with E-state index in [2.05, 4.69) is 25.8 Å². The molecule has 0 unspecified atom stereocenters. The molecular weight excluding hydrogens is 500 g/mol. The Morgan fingerprint density at radius 1 is 0.947 bits per heavy atom. The lowest BCUT2D eigenvalue weighted by atomic mass is 9.87. The van der Waals surface area contributed by atoms with Crippen LogP contribution in [0.1, 0.15) is 38.4 Å². The van der Waals surface area contributed by atoms with E-state index in [1.807, 2.05) is 49.3 Å². The van der Waals surface area contributed by atoms with Crippen molar-refractivity contribution in [1.82, 2.24) is 9.88 Å². The van der Waals surface area contributed by atoms with Crippen LogP contribution in [0.3, 0.4) is 0 Å². The van der Waals surface area contributed by atoms with Crippen LogP contribution >= 0.6 is 0 Å². The Balaban J connectivity index is 2.02. The number of carbonyl (C=O) groups excluding carboxylic acids is 1. The summed E-state index contributed by atoms with van der Waals surface area (Å²) in [6, 6.07) is 19.4. The minimum atomic E-state index is -4.08. The van der Waals surface area contributed by atoms with Crippen molar-refractivity contribution in [3.8, 4) is 0 Å². The minimum Gasteiger partial charge on any atom is -0.396 e. The Labute approximate surface area is 226 Å². The van der Waals surface area contributed by atoms with Gasteiger partial charge in [0.05, 0.1) is 22.8 Å². The van der Waals surface area contributed by atoms with Crippen LogP contribution in [0.25, 0.3) is 0 Å². The zero-order valence-electron chi connectivity index (χ0n) is 22.8. The van der Waals surface area contributed by atoms with Crippen molar-refractivity contribution in [2.24, 2.45) is 0 Å². The van der Waals surface area contributed by atoms with Crippen molar-refractivity contribution in [2.45, 2.75) is 44.0 Å². The Morgan fingerprint density at radius 3 is 2.21 bits per heavy atom. The van der Waals surface area contributed by atoms with Crippen molar-refractivity contribution >= 4 is 27.3 Å². The van der Waals surface area contributed by atoms with Crippen molar-refractivity contribution in [2.75, 3.05) is 43.0 Å². The molecule has 2 aromatic carbocycles. The average molecular weight is 539 g/mol. The van der Waals surface area contributed by atoms with E-state index in [0.29, 0.717) is 17.8 Å². The maximum atomic E-state index is 14.0. The van der Waals surface area contributed by atoms with Gasteiger partial charge in [-0.15, -0.1) is 0 Å². The van der Waals surface area contributed by atoms with Crippen LogP contribution in [-0.2, 0) is 26.8 Å². The predicted molar refractivity (Wildman–Crippen MR) is 152 cm³/mol. The highest BCUT2D eigenvalue weighted by atomic mass is 32.2. The van der Waals surface area contributed by atoms with Crippen molar-refractivity contribution in [3.05, 3.63) is 84.2 Å². The highest BCUT2D eigenvalue weighted by molar-refractivity contribution is 7.92. The molecule has 0 saturated carbocycles. The van der Waals surface area contributed by atoms with Gasteiger partial charge < -0.3 is 14.9 Å². The molecule has 38 heavy (non-hydrogen) atoms. The third kappa shape index (κ3) is 7.33. The molecule has 1 N–H and O–H groups in total. The molecule has 8 nitrogen and oxygen atoms in total. The van der Waals surface area contributed by atoms with E-state index < -0.39 is 16.6 Å². The van der Waals surface area contributed by atoms with Crippen LogP contribution in [0.2, 0.25) is 0 Å². The second-order valence-corrected chi connectivity index (χ2v) is 12.3. The van der Waals surface area contributed by atoms with Crippen LogP contribution in [0.5, 0.6) is 0 Å². The maximum Gasteiger partial charge on any atom is 0.264 e. The number of hydrogen-bond acceptors (Lipinski definition) is 6. The van der Waals surface area contributed by atoms with Gasteiger partial charge in [-0.25, -0.2) is 8.42 Å². The number of aliphatic hydroxyl groups is 1. The number of aliphatic hydroxyl groups excluding tert-OH is 1. The first-order valence-corrected chi connectivity index (χ1v) is 14.1. The van der Waals surface area contributed by atoms with Crippen LogP contribution < -0.4 is 9.21 Å². The van der Waals surface area contributed by atoms with Gasteiger partial charge in [0.15, 0.2) is 0 Å². The van der Waals surface area contributed by atoms with Crippen LogP contribution in [0.15, 0.2) is 77.8 Å². The molecule has 0 aliphatic carbocycles. The van der Waals surface area contributed by atoms with Crippen molar-refractivity contribution < 1.29 is 18.3 Å². The van der Waals surface area contributed by atoms with E-state index in [1.165, 1.54) is 4.31 Å². The molecule has 0 radical (unpaired) electrons. The largest absolute Gasteiger partial charge is 0.396 e. The molecule has 3 rings (SSSR count). The molecule has 1 amide bonds. The van der Waals surface area contributed by atoms with Gasteiger partial charge in [-0.2, -0.15) is 0 Å². The van der Waals surface area contributed by atoms with Gasteiger partial charge in [0.25, 0.3) is 10.0 Å². The normalized spacial score (nSPS) is 11.7. The number of aromatic nitrogens is 1. The summed E-state index contributed by atoms with van der Waals surface area (Å²) in [6.07, 6.45) is 2.02. The lowest BCUT2D eigenvalue weighted by Gasteiger charge is -2.29. The second kappa shape index (κ2) is 12.4. The number of hydrogen-bond donors (Lipinski definition) is 1. The smallest absolute Gasteiger partial charge is 0.264 e. The Kier molecular flexibility index (Phi) is 9.51. The van der Waals surface area contributed by atoms with E-state index >= 15 is 0 Å². The topological polar surface area (TPSA) is 94.0 Å². The summed E-state index contributed by atoms with van der Waals surface area (Å²) in [5.41, 5.74) is 2.77. The summed E-state index contributed by atoms with van der Waals surface area (Å²) in [4.78, 5) is 21.5. The molecule has 0 spiro atoms. The summed E-state index contributed by atoms with van der Waals surface area (Å²) >= 11 is 0. The summed E-state index contributed by atoms with van der Waals surface area (Å²) in [5, 5.41) is 9.40. The van der Waals surface area contributed by atoms with E-state index in [9.17, 15) is 18.3 Å². The lowest BCUT2D eigenvalue weighted by molar-refractivity contribution is -0.130. The number of amides is 1. The van der Waals surface area contributed by atoms with Crippen LogP contribution in [0, 0.1) is 0 Å². The van der Waals surface area contributed by atoms with Gasteiger partial charge in [-0.1, -0.05) is 45.0 Å². The van der Waals surface area contributed by atoms with Gasteiger partial charge in [-0.3, -0.25) is 14.1 Å². The van der Waals surface area contributed by atoms with Gasteiger partial charge >= 0.3 is 0 Å². The predicted octanol–water partition coefficient (Wildman–Crippen LogP) is 4.05. The first kappa shape index (κ1) is 29.1. The molecule has 0 aliphatic heterocycles. The first-order chi connectivity index (χ1) is 17.9. The molecule has 204 valence electrons. The third-order valence-electron chi connectivity index (χ3n) is 6.24. The number of pyridine rings is 1. The van der Waals surface area contributed by atoms with Crippen molar-refractivity contribution in [3.63, 3.8) is 0 Å². The SMILES string of the molecule is CN(C)c1cccc(N(CC(=O)N(CCCO)Cc2ccccn2)S(=O)(=O)c2ccc(C(C)(C)C)cc2)c1. The standard InChI is InChI=1S/C29H38N4O4S/c1-29(2,3)23-13-15-27(16-14-23)38(36,37)33(26-12-8-11-25(20-26)31(4)5)22-28(35)32(18-9-19-34)21-24-10-6-7-17-30-24/h6-8,10-17,20,34H,9,18-19,21-22H2,1-5H3. The number of carbonyl (C=O) groups is 1. The fourth-order valence-electron chi connectivity index (χ4n) is 3.96. The highest BCUT2D eigenvalue weighted by Gasteiger charge is 2.30. The molecule has 0 atom stereocenters. The summed E-state index contributed by atoms with van der Waals surface area (Å²) in [5.74, 6) is -0.380. The van der Waals surface area contributed by atoms with E-state index in [1.54, 1.807) is 47.5 Å². The molecule has 0 saturated heterocycles. The molecular formula is C29H38N4O4S. The fourth-order valence-corrected chi connectivity index (χ4v) is 5.37. The Hall–Kier alpha value is -3.43. The number of nitrogens with zero attached hydrogens (tertiary/aromatic N) is 4. The van der Waals surface area contributed by atoms with Crippen LogP contribution in [-0.4, -0.2) is 63.1 Å². The minimum absolute atomic E-state index is 0.0843. The van der Waals surface area contributed by atoms with Crippen molar-refractivity contribution in [1.29, 1.82) is 0 Å². The summed E-state index contributed by atoms with van der Waals surface area (Å²) < 4.78 is 29.2. The summed E-state index contributed by atoms with van der Waals surface area (Å²) in [6.45, 7) is 6.21. The zero-order chi connectivity index (χ0) is 27.9. The highest BCUT2D eigenvalue weighted by Crippen LogP contribution is 2.29. The fraction of sp³-hybridized carbons (Fsp3) is 0.379. The maximum absolute atomic E-state index is 14.0. The lowest BCUT2D eigenvalue weighted by Crippen LogP contribution is -2.43. The zero-order valence-corrected chi connectivity index (χ0v) is 23.6.